The fraction of sp³-hybridized carbons (Fsp3) is 0.286. The van der Waals surface area contributed by atoms with E-state index < -0.39 is 0 Å². The third-order valence-electron chi connectivity index (χ3n) is 3.19. The molecule has 0 bridgehead atoms. The van der Waals surface area contributed by atoms with E-state index in [-0.39, 0.29) is 5.78 Å². The summed E-state index contributed by atoms with van der Waals surface area (Å²) in [4.78, 5) is 25.0. The molecule has 0 atom stereocenters. The van der Waals surface area contributed by atoms with Crippen LogP contribution in [0.3, 0.4) is 0 Å². The highest BCUT2D eigenvalue weighted by Crippen LogP contribution is 2.21. The Balaban J connectivity index is 2.03. The van der Waals surface area contributed by atoms with Gasteiger partial charge in [0.1, 0.15) is 5.69 Å². The minimum Gasteiger partial charge on any atom is -0.294 e. The van der Waals surface area contributed by atoms with Crippen molar-refractivity contribution in [1.29, 1.82) is 0 Å². The van der Waals surface area contributed by atoms with Crippen molar-refractivity contribution in [1.82, 2.24) is 15.0 Å². The van der Waals surface area contributed by atoms with Gasteiger partial charge in [0, 0.05) is 23.3 Å². The normalized spacial score (nSPS) is 14.9. The third-order valence-corrected chi connectivity index (χ3v) is 3.66. The van der Waals surface area contributed by atoms with Crippen LogP contribution in [-0.4, -0.2) is 20.7 Å². The van der Waals surface area contributed by atoms with Gasteiger partial charge in [0.05, 0.1) is 11.3 Å². The molecule has 2 aromatic rings. The van der Waals surface area contributed by atoms with Gasteiger partial charge in [0.15, 0.2) is 11.6 Å². The number of aromatic nitrogens is 3. The fourth-order valence-electron chi connectivity index (χ4n) is 2.18. The molecule has 0 unspecified atom stereocenters. The molecular weight excluding hydrogens is 306 g/mol. The molecular formula is C14H12BrN3O. The quantitative estimate of drug-likeness (QED) is 0.758. The maximum atomic E-state index is 11.9. The largest absolute Gasteiger partial charge is 0.294 e. The van der Waals surface area contributed by atoms with Gasteiger partial charge in [-0.2, -0.15) is 0 Å². The number of nitrogens with zero attached hydrogens (tertiary/aromatic N) is 3. The van der Waals surface area contributed by atoms with Gasteiger partial charge in [-0.3, -0.25) is 9.78 Å². The van der Waals surface area contributed by atoms with Gasteiger partial charge in [-0.15, -0.1) is 0 Å². The van der Waals surface area contributed by atoms with Gasteiger partial charge in [0.25, 0.3) is 0 Å². The second-order valence-electron chi connectivity index (χ2n) is 4.55. The van der Waals surface area contributed by atoms with Crippen LogP contribution >= 0.6 is 15.9 Å². The lowest BCUT2D eigenvalue weighted by atomic mass is 10.1. The lowest BCUT2D eigenvalue weighted by Crippen LogP contribution is -2.05. The van der Waals surface area contributed by atoms with Crippen LogP contribution in [0.4, 0.5) is 0 Å². The number of aryl methyl sites for hydroxylation is 1. The van der Waals surface area contributed by atoms with Crippen LogP contribution in [0.2, 0.25) is 0 Å². The predicted octanol–water partition coefficient (Wildman–Crippen LogP) is 3.21. The molecule has 0 amide bonds. The minimum absolute atomic E-state index is 0.155. The smallest absolute Gasteiger partial charge is 0.178 e. The number of carbonyl (C=O) groups is 1. The summed E-state index contributed by atoms with van der Waals surface area (Å²) in [5.41, 5.74) is 2.26. The van der Waals surface area contributed by atoms with Gasteiger partial charge in [0.2, 0.25) is 0 Å². The van der Waals surface area contributed by atoms with E-state index >= 15 is 0 Å². The summed E-state index contributed by atoms with van der Waals surface area (Å²) in [6, 6.07) is 3.77. The molecule has 96 valence electrons. The molecule has 0 aliphatic heterocycles. The predicted molar refractivity (Wildman–Crippen MR) is 74.8 cm³/mol. The van der Waals surface area contributed by atoms with Crippen LogP contribution in [0, 0.1) is 0 Å². The molecule has 5 heteroatoms. The van der Waals surface area contributed by atoms with E-state index in [4.69, 9.17) is 0 Å². The van der Waals surface area contributed by atoms with Crippen LogP contribution in [-0.2, 0) is 6.42 Å². The first kappa shape index (κ1) is 12.4. The number of fused-ring (bicyclic) bond motifs is 1. The zero-order chi connectivity index (χ0) is 13.2. The number of rotatable bonds is 1. The maximum Gasteiger partial charge on any atom is 0.178 e. The third kappa shape index (κ3) is 2.56. The zero-order valence-electron chi connectivity index (χ0n) is 10.3. The van der Waals surface area contributed by atoms with Crippen LogP contribution in [0.15, 0.2) is 29.0 Å². The number of halogens is 1. The molecule has 4 nitrogen and oxygen atoms in total. The van der Waals surface area contributed by atoms with Crippen molar-refractivity contribution >= 4 is 21.7 Å². The second-order valence-corrected chi connectivity index (χ2v) is 5.46. The van der Waals surface area contributed by atoms with Crippen LogP contribution in [0.1, 0.15) is 35.3 Å². The lowest BCUT2D eigenvalue weighted by Gasteiger charge is -2.05. The molecule has 3 rings (SSSR count). The van der Waals surface area contributed by atoms with Crippen molar-refractivity contribution in [3.63, 3.8) is 0 Å². The number of pyridine rings is 1. The molecule has 19 heavy (non-hydrogen) atoms. The van der Waals surface area contributed by atoms with E-state index in [2.05, 4.69) is 30.9 Å². The number of Topliss-reactive ketones (excluding diaryl/α,β-unsaturated/α-hetero) is 1. The van der Waals surface area contributed by atoms with Crippen LogP contribution in [0.5, 0.6) is 0 Å². The van der Waals surface area contributed by atoms with Gasteiger partial charge in [-0.05, 0) is 47.3 Å². The first-order chi connectivity index (χ1) is 9.24. The van der Waals surface area contributed by atoms with E-state index in [1.54, 1.807) is 12.4 Å². The summed E-state index contributed by atoms with van der Waals surface area (Å²) in [7, 11) is 0. The summed E-state index contributed by atoms with van der Waals surface area (Å²) < 4.78 is 0.918. The summed E-state index contributed by atoms with van der Waals surface area (Å²) in [5.74, 6) is 0.740. The van der Waals surface area contributed by atoms with Crippen molar-refractivity contribution in [3.8, 4) is 11.5 Å². The molecule has 2 aromatic heterocycles. The van der Waals surface area contributed by atoms with Gasteiger partial charge in [-0.25, -0.2) is 9.97 Å². The fourth-order valence-corrected chi connectivity index (χ4v) is 2.42. The Morgan fingerprint density at radius 2 is 1.89 bits per heavy atom. The molecule has 0 aromatic carbocycles. The summed E-state index contributed by atoms with van der Waals surface area (Å²) in [5, 5.41) is 0. The number of carbonyl (C=O) groups excluding carboxylic acids is 1. The van der Waals surface area contributed by atoms with Crippen LogP contribution in [0.25, 0.3) is 11.5 Å². The van der Waals surface area contributed by atoms with Crippen molar-refractivity contribution in [3.05, 3.63) is 40.3 Å². The van der Waals surface area contributed by atoms with E-state index in [1.807, 2.05) is 12.1 Å². The molecule has 0 spiro atoms. The molecule has 0 radical (unpaired) electrons. The summed E-state index contributed by atoms with van der Waals surface area (Å²) >= 11 is 3.35. The average Bonchev–Trinajstić information content (AvgIpc) is 2.61. The minimum atomic E-state index is 0.155. The van der Waals surface area contributed by atoms with Gasteiger partial charge >= 0.3 is 0 Å². The SMILES string of the molecule is O=C1CCCCc2nc(-c3ccc(Br)cn3)ncc21. The Morgan fingerprint density at radius 3 is 2.68 bits per heavy atom. The molecule has 1 aliphatic rings. The van der Waals surface area contributed by atoms with Gasteiger partial charge in [-0.1, -0.05) is 0 Å². The van der Waals surface area contributed by atoms with Crippen LogP contribution < -0.4 is 0 Å². The molecule has 0 saturated heterocycles. The molecule has 0 saturated carbocycles. The Morgan fingerprint density at radius 1 is 1.05 bits per heavy atom. The highest BCUT2D eigenvalue weighted by molar-refractivity contribution is 9.10. The maximum absolute atomic E-state index is 11.9. The molecule has 1 aliphatic carbocycles. The molecule has 0 fully saturated rings. The standard InChI is InChI=1S/C14H12BrN3O/c15-9-5-6-12(16-7-9)14-17-8-10-11(18-14)3-1-2-4-13(10)19/h5-8H,1-4H2. The first-order valence-electron chi connectivity index (χ1n) is 6.25. The highest BCUT2D eigenvalue weighted by Gasteiger charge is 2.18. The Bertz CT molecular complexity index is 625. The van der Waals surface area contributed by atoms with Crippen molar-refractivity contribution < 1.29 is 4.79 Å². The second kappa shape index (κ2) is 5.17. The number of hydrogen-bond donors (Lipinski definition) is 0. The lowest BCUT2D eigenvalue weighted by molar-refractivity contribution is 0.0981. The highest BCUT2D eigenvalue weighted by atomic mass is 79.9. The first-order valence-corrected chi connectivity index (χ1v) is 7.04. The Kier molecular flexibility index (Phi) is 3.38. The molecule has 0 N–H and O–H groups in total. The topological polar surface area (TPSA) is 55.7 Å². The average molecular weight is 318 g/mol. The number of ketones is 1. The van der Waals surface area contributed by atoms with Gasteiger partial charge < -0.3 is 0 Å². The molecule has 2 heterocycles. The Hall–Kier alpha value is -1.62. The van der Waals surface area contributed by atoms with Crippen molar-refractivity contribution in [2.75, 3.05) is 0 Å². The van der Waals surface area contributed by atoms with Crippen molar-refractivity contribution in [2.24, 2.45) is 0 Å². The number of hydrogen-bond acceptors (Lipinski definition) is 4. The van der Waals surface area contributed by atoms with E-state index in [9.17, 15) is 4.79 Å². The van der Waals surface area contributed by atoms with Crippen molar-refractivity contribution in [2.45, 2.75) is 25.7 Å². The summed E-state index contributed by atoms with van der Waals surface area (Å²) in [6.45, 7) is 0. The zero-order valence-corrected chi connectivity index (χ0v) is 11.9. The Labute approximate surface area is 119 Å². The monoisotopic (exact) mass is 317 g/mol. The van der Waals surface area contributed by atoms with E-state index in [1.165, 1.54) is 0 Å². The summed E-state index contributed by atoms with van der Waals surface area (Å²) in [6.07, 6.45) is 6.74. The van der Waals surface area contributed by atoms with E-state index in [0.29, 0.717) is 17.8 Å². The van der Waals surface area contributed by atoms with E-state index in [0.717, 1.165) is 35.1 Å².